The molecule has 0 aromatic rings. The lowest BCUT2D eigenvalue weighted by Crippen LogP contribution is -2.33. The van der Waals surface area contributed by atoms with Gasteiger partial charge in [0.05, 0.1) is 25.7 Å². The third-order valence-electron chi connectivity index (χ3n) is 6.19. The van der Waals surface area contributed by atoms with Crippen LogP contribution in [-0.4, -0.2) is 42.4 Å². The van der Waals surface area contributed by atoms with Crippen molar-refractivity contribution in [2.24, 2.45) is 0 Å². The van der Waals surface area contributed by atoms with E-state index in [0.717, 1.165) is 77.2 Å². The second-order valence-electron chi connectivity index (χ2n) is 10.7. The van der Waals surface area contributed by atoms with Crippen LogP contribution in [0.2, 0.25) is 0 Å². The zero-order valence-electron chi connectivity index (χ0n) is 27.3. The van der Waals surface area contributed by atoms with Crippen LogP contribution in [0.1, 0.15) is 118 Å². The number of nitrogens with one attached hydrogen (secondary N) is 1. The van der Waals surface area contributed by atoms with Crippen LogP contribution in [0.3, 0.4) is 0 Å². The molecule has 0 aliphatic carbocycles. The van der Waals surface area contributed by atoms with E-state index in [1.54, 1.807) is 0 Å². The number of unbranched alkanes of at least 4 members (excludes halogenated alkanes) is 4. The standard InChI is InChI=1S/C35H60N3O3P/c1-6-7-8-9-10-11-12-13-14-15-16-17-18-19-20-21-24-28-35(39)37-30-25-22-23-26-31-40-42(41-32-27-29-36)38(33(2)3)34(4)5/h7-8,10-11,13-14,16-17,19-20,33-34H,6,9,12,15,18,21-28,30-32H2,1-5H3,(H,37,39)/b8-7-,11-10-,14-13-,17-16-,20-19-. The Hall–Kier alpha value is -2.03. The highest BCUT2D eigenvalue weighted by molar-refractivity contribution is 7.44. The molecule has 0 aliphatic rings. The Morgan fingerprint density at radius 1 is 0.762 bits per heavy atom. The van der Waals surface area contributed by atoms with Crippen LogP contribution in [0.5, 0.6) is 0 Å². The van der Waals surface area contributed by atoms with Gasteiger partial charge in [0, 0.05) is 25.0 Å². The molecule has 0 bridgehead atoms. The van der Waals surface area contributed by atoms with Crippen molar-refractivity contribution >= 4 is 14.4 Å². The average Bonchev–Trinajstić information content (AvgIpc) is 2.95. The van der Waals surface area contributed by atoms with Gasteiger partial charge in [-0.25, -0.2) is 4.67 Å². The molecule has 7 heteroatoms. The van der Waals surface area contributed by atoms with Crippen LogP contribution < -0.4 is 5.32 Å². The summed E-state index contributed by atoms with van der Waals surface area (Å²) in [5, 5.41) is 11.9. The van der Waals surface area contributed by atoms with Crippen molar-refractivity contribution in [1.82, 2.24) is 9.99 Å². The van der Waals surface area contributed by atoms with Gasteiger partial charge in [0.15, 0.2) is 0 Å². The van der Waals surface area contributed by atoms with Crippen LogP contribution in [0.15, 0.2) is 60.8 Å². The molecule has 238 valence electrons. The summed E-state index contributed by atoms with van der Waals surface area (Å²) in [5.41, 5.74) is 0. The summed E-state index contributed by atoms with van der Waals surface area (Å²) >= 11 is 0. The van der Waals surface area contributed by atoms with E-state index in [1.165, 1.54) is 0 Å². The van der Waals surface area contributed by atoms with Crippen LogP contribution in [0, 0.1) is 11.3 Å². The number of nitriles is 1. The van der Waals surface area contributed by atoms with Crippen LogP contribution >= 0.6 is 8.53 Å². The number of amides is 1. The Labute approximate surface area is 260 Å². The first kappa shape index (κ1) is 40.0. The minimum Gasteiger partial charge on any atom is -0.356 e. The van der Waals surface area contributed by atoms with Crippen molar-refractivity contribution < 1.29 is 13.8 Å². The number of hydrogen-bond donors (Lipinski definition) is 1. The number of nitrogens with zero attached hydrogens (tertiary/aromatic N) is 2. The summed E-state index contributed by atoms with van der Waals surface area (Å²) in [5.74, 6) is 0.147. The molecule has 0 saturated heterocycles. The molecule has 0 aromatic carbocycles. The van der Waals surface area contributed by atoms with Crippen molar-refractivity contribution in [2.45, 2.75) is 130 Å². The van der Waals surface area contributed by atoms with Crippen molar-refractivity contribution in [3.05, 3.63) is 60.8 Å². The minimum atomic E-state index is -1.16. The zero-order chi connectivity index (χ0) is 31.1. The Bertz CT molecular complexity index is 820. The molecule has 0 heterocycles. The average molecular weight is 602 g/mol. The van der Waals surface area contributed by atoms with Gasteiger partial charge < -0.3 is 14.4 Å². The molecule has 1 atom stereocenters. The van der Waals surface area contributed by atoms with Crippen molar-refractivity contribution in [2.75, 3.05) is 19.8 Å². The maximum atomic E-state index is 12.1. The van der Waals surface area contributed by atoms with Gasteiger partial charge in [-0.05, 0) is 85.5 Å². The van der Waals surface area contributed by atoms with Gasteiger partial charge in [0.1, 0.15) is 0 Å². The Balaban J connectivity index is 3.80. The monoisotopic (exact) mass is 601 g/mol. The topological polar surface area (TPSA) is 74.6 Å². The molecule has 6 nitrogen and oxygen atoms in total. The maximum Gasteiger partial charge on any atom is 0.259 e. The molecule has 0 saturated carbocycles. The van der Waals surface area contributed by atoms with Gasteiger partial charge in [-0.15, -0.1) is 0 Å². The number of rotatable bonds is 27. The third-order valence-corrected chi connectivity index (χ3v) is 8.30. The summed E-state index contributed by atoms with van der Waals surface area (Å²) in [6, 6.07) is 2.76. The predicted octanol–water partition coefficient (Wildman–Crippen LogP) is 9.88. The smallest absolute Gasteiger partial charge is 0.259 e. The van der Waals surface area contributed by atoms with Gasteiger partial charge >= 0.3 is 0 Å². The lowest BCUT2D eigenvalue weighted by molar-refractivity contribution is -0.121. The number of hydrogen-bond acceptors (Lipinski definition) is 5. The highest BCUT2D eigenvalue weighted by Gasteiger charge is 2.26. The molecule has 0 aromatic heterocycles. The fourth-order valence-electron chi connectivity index (χ4n) is 4.10. The van der Waals surface area contributed by atoms with E-state index in [4.69, 9.17) is 14.3 Å². The van der Waals surface area contributed by atoms with Gasteiger partial charge in [-0.3, -0.25) is 4.79 Å². The molecular formula is C35H60N3O3P. The van der Waals surface area contributed by atoms with Crippen LogP contribution in [-0.2, 0) is 13.8 Å². The Morgan fingerprint density at radius 2 is 1.29 bits per heavy atom. The van der Waals surface area contributed by atoms with Crippen LogP contribution in [0.4, 0.5) is 0 Å². The molecule has 0 spiro atoms. The highest BCUT2D eigenvalue weighted by Crippen LogP contribution is 2.46. The maximum absolute atomic E-state index is 12.1. The second-order valence-corrected chi connectivity index (χ2v) is 12.2. The van der Waals surface area contributed by atoms with Gasteiger partial charge in [0.25, 0.3) is 8.53 Å². The Morgan fingerprint density at radius 3 is 1.83 bits per heavy atom. The molecule has 0 rings (SSSR count). The van der Waals surface area contributed by atoms with Gasteiger partial charge in [-0.2, -0.15) is 5.26 Å². The van der Waals surface area contributed by atoms with E-state index in [9.17, 15) is 4.79 Å². The highest BCUT2D eigenvalue weighted by atomic mass is 31.2. The number of carbonyl (C=O) groups is 1. The third kappa shape index (κ3) is 25.7. The van der Waals surface area contributed by atoms with E-state index in [2.05, 4.69) is 111 Å². The van der Waals surface area contributed by atoms with Gasteiger partial charge in [-0.1, -0.05) is 80.5 Å². The summed E-state index contributed by atoms with van der Waals surface area (Å²) in [6.45, 7) is 12.5. The van der Waals surface area contributed by atoms with Crippen molar-refractivity contribution in [1.29, 1.82) is 5.26 Å². The summed E-state index contributed by atoms with van der Waals surface area (Å²) < 4.78 is 14.3. The number of allylic oxidation sites excluding steroid dienone is 10. The molecule has 0 radical (unpaired) electrons. The fourth-order valence-corrected chi connectivity index (χ4v) is 5.73. The molecule has 0 fully saturated rings. The molecule has 0 aliphatic heterocycles. The molecule has 42 heavy (non-hydrogen) atoms. The Kier molecular flexibility index (Phi) is 29.0. The molecular weight excluding hydrogens is 541 g/mol. The largest absolute Gasteiger partial charge is 0.356 e. The minimum absolute atomic E-state index is 0.147. The first-order chi connectivity index (χ1) is 20.4. The fraction of sp³-hybridized carbons (Fsp3) is 0.657. The molecule has 1 unspecified atom stereocenters. The van der Waals surface area contributed by atoms with Crippen molar-refractivity contribution in [3.63, 3.8) is 0 Å². The van der Waals surface area contributed by atoms with E-state index in [-0.39, 0.29) is 5.91 Å². The lowest BCUT2D eigenvalue weighted by Gasteiger charge is -2.35. The molecule has 1 N–H and O–H groups in total. The van der Waals surface area contributed by atoms with E-state index in [1.807, 2.05) is 0 Å². The first-order valence-corrected chi connectivity index (χ1v) is 17.3. The van der Waals surface area contributed by atoms with Crippen LogP contribution in [0.25, 0.3) is 0 Å². The van der Waals surface area contributed by atoms with E-state index >= 15 is 0 Å². The summed E-state index contributed by atoms with van der Waals surface area (Å²) in [7, 11) is -1.16. The summed E-state index contributed by atoms with van der Waals surface area (Å²) in [4.78, 5) is 12.1. The van der Waals surface area contributed by atoms with Crippen molar-refractivity contribution in [3.8, 4) is 6.07 Å². The van der Waals surface area contributed by atoms with E-state index in [0.29, 0.717) is 38.1 Å². The normalized spacial score (nSPS) is 13.3. The first-order valence-electron chi connectivity index (χ1n) is 16.2. The second kappa shape index (κ2) is 30.4. The van der Waals surface area contributed by atoms with Gasteiger partial charge in [0.2, 0.25) is 5.91 Å². The summed E-state index contributed by atoms with van der Waals surface area (Å²) in [6.07, 6.45) is 33.9. The molecule has 1 amide bonds. The lowest BCUT2D eigenvalue weighted by atomic mass is 10.2. The SMILES string of the molecule is CC/C=C\C/C=C\C/C=C\C/C=C\C/C=C\CCCC(=O)NCCCCCCOP(OCCC#N)N(C(C)C)C(C)C. The predicted molar refractivity (Wildman–Crippen MR) is 181 cm³/mol. The zero-order valence-corrected chi connectivity index (χ0v) is 28.2. The quantitative estimate of drug-likeness (QED) is 0.0576. The van der Waals surface area contributed by atoms with E-state index < -0.39 is 8.53 Å². The number of carbonyl (C=O) groups excluding carboxylic acids is 1.